The largest absolute Gasteiger partial charge is 0.493 e. The number of esters is 1. The van der Waals surface area contributed by atoms with Crippen LogP contribution in [0, 0.1) is 20.8 Å². The van der Waals surface area contributed by atoms with Gasteiger partial charge < -0.3 is 14.2 Å². The molecule has 3 heterocycles. The highest BCUT2D eigenvalue weighted by molar-refractivity contribution is 8.15. The van der Waals surface area contributed by atoms with Gasteiger partial charge in [0, 0.05) is 24.4 Å². The van der Waals surface area contributed by atoms with Crippen molar-refractivity contribution < 1.29 is 28.6 Å². The number of ether oxygens (including phenoxy) is 3. The molecule has 0 bridgehead atoms. The van der Waals surface area contributed by atoms with Crippen LogP contribution in [0.5, 0.6) is 17.2 Å². The van der Waals surface area contributed by atoms with Gasteiger partial charge in [-0.05, 0) is 93.5 Å². The molecule has 40 heavy (non-hydrogen) atoms. The minimum atomic E-state index is -0.427. The second-order valence-electron chi connectivity index (χ2n) is 10.5. The van der Waals surface area contributed by atoms with E-state index in [0.717, 1.165) is 63.9 Å². The van der Waals surface area contributed by atoms with Crippen LogP contribution >= 0.6 is 11.8 Å². The molecule has 0 radical (unpaired) electrons. The Hall–Kier alpha value is -3.85. The highest BCUT2D eigenvalue weighted by Crippen LogP contribution is 2.44. The Bertz CT molecular complexity index is 1460. The standard InChI is InChI=1S/C31H32N2O6S/c1-18-19(2)27-24(20(3)26(18)38-29(35)22-6-5-14-32-17-22)11-12-31(4,39-27)13-15-37-23-9-7-21(8-10-23)16-25-28(34)33-30(36)40-25/h5-10,14,17,25H,11-13,15-16H2,1-4H3,(H,33,34,36). The first-order chi connectivity index (χ1) is 19.1. The van der Waals surface area contributed by atoms with E-state index in [-0.39, 0.29) is 16.4 Å². The third-order valence-electron chi connectivity index (χ3n) is 7.67. The molecule has 5 rings (SSSR count). The summed E-state index contributed by atoms with van der Waals surface area (Å²) in [5, 5.41) is 1.65. The highest BCUT2D eigenvalue weighted by Gasteiger charge is 2.35. The summed E-state index contributed by atoms with van der Waals surface area (Å²) in [6.45, 7) is 8.52. The smallest absolute Gasteiger partial charge is 0.345 e. The van der Waals surface area contributed by atoms with Gasteiger partial charge in [-0.3, -0.25) is 19.9 Å². The number of hydrogen-bond acceptors (Lipinski definition) is 8. The summed E-state index contributed by atoms with van der Waals surface area (Å²) < 4.78 is 18.5. The van der Waals surface area contributed by atoms with Crippen LogP contribution in [0.3, 0.4) is 0 Å². The summed E-state index contributed by atoms with van der Waals surface area (Å²) in [5.74, 6) is 1.53. The summed E-state index contributed by atoms with van der Waals surface area (Å²) in [4.78, 5) is 39.9. The topological polar surface area (TPSA) is 104 Å². The molecule has 2 aliphatic rings. The van der Waals surface area contributed by atoms with Gasteiger partial charge in [-0.15, -0.1) is 0 Å². The number of nitrogens with one attached hydrogen (secondary N) is 1. The van der Waals surface area contributed by atoms with Crippen molar-refractivity contribution in [3.8, 4) is 17.2 Å². The van der Waals surface area contributed by atoms with E-state index in [2.05, 4.69) is 17.2 Å². The van der Waals surface area contributed by atoms with Crippen molar-refractivity contribution in [3.63, 3.8) is 0 Å². The molecule has 0 aliphatic carbocycles. The molecule has 2 atom stereocenters. The van der Waals surface area contributed by atoms with Crippen LogP contribution in [0.2, 0.25) is 0 Å². The number of hydrogen-bond donors (Lipinski definition) is 1. The quantitative estimate of drug-likeness (QED) is 0.278. The fourth-order valence-corrected chi connectivity index (χ4v) is 5.95. The molecule has 9 heteroatoms. The highest BCUT2D eigenvalue weighted by atomic mass is 32.2. The molecule has 8 nitrogen and oxygen atoms in total. The molecule has 1 saturated heterocycles. The summed E-state index contributed by atoms with van der Waals surface area (Å²) in [6, 6.07) is 11.0. The van der Waals surface area contributed by atoms with Gasteiger partial charge in [-0.2, -0.15) is 0 Å². The fraction of sp³-hybridized carbons (Fsp3) is 0.355. The molecule has 0 saturated carbocycles. The predicted molar refractivity (Wildman–Crippen MR) is 152 cm³/mol. The molecule has 0 spiro atoms. The maximum Gasteiger partial charge on any atom is 0.345 e. The van der Waals surface area contributed by atoms with Crippen LogP contribution in [0.1, 0.15) is 57.9 Å². The van der Waals surface area contributed by atoms with E-state index in [1.165, 1.54) is 6.20 Å². The van der Waals surface area contributed by atoms with Gasteiger partial charge in [0.25, 0.3) is 5.24 Å². The monoisotopic (exact) mass is 560 g/mol. The molecule has 1 N–H and O–H groups in total. The van der Waals surface area contributed by atoms with Crippen molar-refractivity contribution in [2.45, 2.75) is 64.2 Å². The second kappa shape index (κ2) is 11.3. The van der Waals surface area contributed by atoms with Crippen molar-refractivity contribution >= 4 is 28.9 Å². The normalized spacial score (nSPS) is 19.9. The molecule has 2 unspecified atom stereocenters. The number of benzene rings is 2. The number of nitrogens with zero attached hydrogens (tertiary/aromatic N) is 1. The molecule has 2 amide bonds. The zero-order chi connectivity index (χ0) is 28.4. The molecule has 3 aromatic rings. The van der Waals surface area contributed by atoms with E-state index in [9.17, 15) is 14.4 Å². The average Bonchev–Trinajstić information content (AvgIpc) is 3.27. The van der Waals surface area contributed by atoms with Crippen LogP contribution in [0.4, 0.5) is 4.79 Å². The zero-order valence-electron chi connectivity index (χ0n) is 23.0. The predicted octanol–water partition coefficient (Wildman–Crippen LogP) is 5.67. The fourth-order valence-electron chi connectivity index (χ4n) is 5.09. The number of thioether (sulfide) groups is 1. The first-order valence-electron chi connectivity index (χ1n) is 13.3. The lowest BCUT2D eigenvalue weighted by molar-refractivity contribution is -0.118. The SMILES string of the molecule is Cc1c(C)c2c(c(C)c1OC(=O)c1cccnc1)CCC(C)(CCOc1ccc(CC3SC(=O)NC3=O)cc1)O2. The number of carbonyl (C=O) groups is 3. The third-order valence-corrected chi connectivity index (χ3v) is 8.65. The molecule has 208 valence electrons. The lowest BCUT2D eigenvalue weighted by atomic mass is 9.85. The van der Waals surface area contributed by atoms with E-state index in [0.29, 0.717) is 30.8 Å². The van der Waals surface area contributed by atoms with Crippen LogP contribution in [-0.4, -0.2) is 39.6 Å². The van der Waals surface area contributed by atoms with Gasteiger partial charge in [0.15, 0.2) is 0 Å². The van der Waals surface area contributed by atoms with Crippen molar-refractivity contribution in [2.75, 3.05) is 6.61 Å². The Labute approximate surface area is 237 Å². The Morgan fingerprint density at radius 1 is 1.12 bits per heavy atom. The summed E-state index contributed by atoms with van der Waals surface area (Å²) in [6.07, 6.45) is 5.93. The van der Waals surface area contributed by atoms with Gasteiger partial charge in [0.1, 0.15) is 22.8 Å². The second-order valence-corrected chi connectivity index (χ2v) is 11.7. The van der Waals surface area contributed by atoms with Gasteiger partial charge in [0.05, 0.1) is 17.4 Å². The Balaban J connectivity index is 1.21. The molecule has 1 aromatic heterocycles. The van der Waals surface area contributed by atoms with Crippen LogP contribution < -0.4 is 19.5 Å². The molecule has 1 fully saturated rings. The minimum absolute atomic E-state index is 0.236. The van der Waals surface area contributed by atoms with Crippen molar-refractivity contribution in [3.05, 3.63) is 82.2 Å². The third kappa shape index (κ3) is 5.84. The van der Waals surface area contributed by atoms with E-state index in [1.807, 2.05) is 45.0 Å². The molecular weight excluding hydrogens is 528 g/mol. The van der Waals surface area contributed by atoms with Crippen molar-refractivity contribution in [1.29, 1.82) is 0 Å². The van der Waals surface area contributed by atoms with Crippen molar-refractivity contribution in [2.24, 2.45) is 0 Å². The van der Waals surface area contributed by atoms with E-state index < -0.39 is 11.6 Å². The Kier molecular flexibility index (Phi) is 7.85. The lowest BCUT2D eigenvalue weighted by Crippen LogP contribution is -2.38. The zero-order valence-corrected chi connectivity index (χ0v) is 23.9. The number of amides is 2. The number of rotatable bonds is 8. The average molecular weight is 561 g/mol. The number of aromatic nitrogens is 1. The van der Waals surface area contributed by atoms with Crippen LogP contribution in [0.25, 0.3) is 0 Å². The van der Waals surface area contributed by atoms with Gasteiger partial charge in [0.2, 0.25) is 5.91 Å². The van der Waals surface area contributed by atoms with Crippen molar-refractivity contribution in [1.82, 2.24) is 10.3 Å². The molecule has 2 aliphatic heterocycles. The van der Waals surface area contributed by atoms with Gasteiger partial charge >= 0.3 is 5.97 Å². The van der Waals surface area contributed by atoms with Crippen LogP contribution in [0.15, 0.2) is 48.8 Å². The summed E-state index contributed by atoms with van der Waals surface area (Å²) >= 11 is 1.03. The molecule has 2 aromatic carbocycles. The Morgan fingerprint density at radius 2 is 1.90 bits per heavy atom. The van der Waals surface area contributed by atoms with Crippen LogP contribution in [-0.2, 0) is 17.6 Å². The first-order valence-corrected chi connectivity index (χ1v) is 14.2. The summed E-state index contributed by atoms with van der Waals surface area (Å²) in [5.41, 5.74) is 4.82. The Morgan fingerprint density at radius 3 is 2.58 bits per heavy atom. The lowest BCUT2D eigenvalue weighted by Gasteiger charge is -2.38. The van der Waals surface area contributed by atoms with Gasteiger partial charge in [-0.25, -0.2) is 4.79 Å². The van der Waals surface area contributed by atoms with E-state index >= 15 is 0 Å². The summed E-state index contributed by atoms with van der Waals surface area (Å²) in [7, 11) is 0. The van der Waals surface area contributed by atoms with E-state index in [1.54, 1.807) is 18.3 Å². The minimum Gasteiger partial charge on any atom is -0.493 e. The van der Waals surface area contributed by atoms with Gasteiger partial charge in [-0.1, -0.05) is 23.9 Å². The first kappa shape index (κ1) is 27.7. The number of pyridine rings is 1. The molecular formula is C31H32N2O6S. The number of imide groups is 1. The maximum absolute atomic E-state index is 12.7. The van der Waals surface area contributed by atoms with E-state index in [4.69, 9.17) is 14.2 Å². The number of fused-ring (bicyclic) bond motifs is 1. The maximum atomic E-state index is 12.7. The number of carbonyl (C=O) groups excluding carboxylic acids is 3.